The van der Waals surface area contributed by atoms with E-state index in [9.17, 15) is 0 Å². The lowest BCUT2D eigenvalue weighted by Crippen LogP contribution is -2.40. The van der Waals surface area contributed by atoms with Crippen LogP contribution >= 0.6 is 0 Å². The van der Waals surface area contributed by atoms with Gasteiger partial charge in [0, 0.05) is 25.2 Å². The average molecular weight is 306 g/mol. The first kappa shape index (κ1) is 16.8. The summed E-state index contributed by atoms with van der Waals surface area (Å²) in [5.74, 6) is 3.46. The molecule has 22 heavy (non-hydrogen) atoms. The zero-order valence-electron chi connectivity index (χ0n) is 14.6. The number of hydrogen-bond donors (Lipinski definition) is 1. The van der Waals surface area contributed by atoms with Gasteiger partial charge >= 0.3 is 0 Å². The van der Waals surface area contributed by atoms with E-state index in [1.807, 2.05) is 13.8 Å². The summed E-state index contributed by atoms with van der Waals surface area (Å²) in [6, 6.07) is 0. The Labute approximate surface area is 134 Å². The van der Waals surface area contributed by atoms with Gasteiger partial charge in [-0.15, -0.1) is 0 Å². The van der Waals surface area contributed by atoms with Crippen molar-refractivity contribution >= 4 is 5.96 Å². The van der Waals surface area contributed by atoms with Gasteiger partial charge in [-0.05, 0) is 45.4 Å². The molecule has 1 aromatic heterocycles. The zero-order chi connectivity index (χ0) is 16.1. The summed E-state index contributed by atoms with van der Waals surface area (Å²) in [7, 11) is 0. The van der Waals surface area contributed by atoms with Crippen molar-refractivity contribution in [2.75, 3.05) is 19.6 Å². The summed E-state index contributed by atoms with van der Waals surface area (Å²) in [4.78, 5) is 7.20. The van der Waals surface area contributed by atoms with Gasteiger partial charge in [-0.3, -0.25) is 0 Å². The van der Waals surface area contributed by atoms with Crippen LogP contribution in [0.15, 0.2) is 9.52 Å². The van der Waals surface area contributed by atoms with E-state index in [0.29, 0.717) is 6.54 Å². The Morgan fingerprint density at radius 3 is 2.82 bits per heavy atom. The van der Waals surface area contributed by atoms with Gasteiger partial charge in [0.1, 0.15) is 5.76 Å². The number of likely N-dealkylation sites (tertiary alicyclic amines) is 1. The second-order valence-corrected chi connectivity index (χ2v) is 6.70. The molecule has 0 spiro atoms. The number of aryl methyl sites for hydroxylation is 2. The van der Waals surface area contributed by atoms with Gasteiger partial charge in [-0.25, -0.2) is 4.99 Å². The highest BCUT2D eigenvalue weighted by atomic mass is 16.5. The van der Waals surface area contributed by atoms with E-state index < -0.39 is 0 Å². The number of nitrogens with one attached hydrogen (secondary N) is 1. The molecule has 0 radical (unpaired) electrons. The fourth-order valence-corrected chi connectivity index (χ4v) is 3.19. The van der Waals surface area contributed by atoms with Crippen LogP contribution < -0.4 is 5.32 Å². The molecule has 5 nitrogen and oxygen atoms in total. The standard InChI is InChI=1S/C17H30N4O/c1-6-18-17(19-10-16-13(4)20-22-14(16)5)21-8-7-15(11-21)9-12(2)3/h12,15H,6-11H2,1-5H3,(H,18,19). The Morgan fingerprint density at radius 1 is 1.45 bits per heavy atom. The van der Waals surface area contributed by atoms with Gasteiger partial charge in [-0.1, -0.05) is 19.0 Å². The highest BCUT2D eigenvalue weighted by Gasteiger charge is 2.25. The van der Waals surface area contributed by atoms with Crippen molar-refractivity contribution < 1.29 is 4.52 Å². The summed E-state index contributed by atoms with van der Waals surface area (Å²) in [6.45, 7) is 14.4. The lowest BCUT2D eigenvalue weighted by atomic mass is 9.97. The maximum atomic E-state index is 5.22. The van der Waals surface area contributed by atoms with Gasteiger partial charge < -0.3 is 14.7 Å². The molecular formula is C17H30N4O. The van der Waals surface area contributed by atoms with Gasteiger partial charge in [0.25, 0.3) is 0 Å². The van der Waals surface area contributed by atoms with Crippen LogP contribution in [-0.2, 0) is 6.54 Å². The summed E-state index contributed by atoms with van der Waals surface area (Å²) >= 11 is 0. The Hall–Kier alpha value is -1.52. The largest absolute Gasteiger partial charge is 0.361 e. The zero-order valence-corrected chi connectivity index (χ0v) is 14.6. The van der Waals surface area contributed by atoms with Crippen molar-refractivity contribution in [1.29, 1.82) is 0 Å². The molecule has 1 aliphatic heterocycles. The third-order valence-corrected chi connectivity index (χ3v) is 4.29. The first-order valence-corrected chi connectivity index (χ1v) is 8.46. The minimum Gasteiger partial charge on any atom is -0.361 e. The minimum absolute atomic E-state index is 0.634. The van der Waals surface area contributed by atoms with E-state index in [-0.39, 0.29) is 0 Å². The van der Waals surface area contributed by atoms with Crippen LogP contribution in [0.1, 0.15) is 50.6 Å². The molecule has 1 aromatic rings. The molecule has 1 fully saturated rings. The van der Waals surface area contributed by atoms with Crippen LogP contribution in [0.5, 0.6) is 0 Å². The third-order valence-electron chi connectivity index (χ3n) is 4.29. The van der Waals surface area contributed by atoms with E-state index >= 15 is 0 Å². The molecular weight excluding hydrogens is 276 g/mol. The Balaban J connectivity index is 2.02. The number of rotatable bonds is 5. The average Bonchev–Trinajstić information content (AvgIpc) is 3.03. The van der Waals surface area contributed by atoms with E-state index in [4.69, 9.17) is 9.52 Å². The molecule has 2 rings (SSSR count). The molecule has 0 aliphatic carbocycles. The SMILES string of the molecule is CCNC(=NCc1c(C)noc1C)N1CCC(CC(C)C)C1. The van der Waals surface area contributed by atoms with Crippen LogP contribution in [0.3, 0.4) is 0 Å². The molecule has 1 N–H and O–H groups in total. The Morgan fingerprint density at radius 2 is 2.23 bits per heavy atom. The van der Waals surface area contributed by atoms with Crippen LogP contribution in [0.2, 0.25) is 0 Å². The van der Waals surface area contributed by atoms with E-state index in [1.54, 1.807) is 0 Å². The molecule has 0 bridgehead atoms. The molecule has 1 aliphatic rings. The van der Waals surface area contributed by atoms with Gasteiger partial charge in [0.05, 0.1) is 12.2 Å². The number of aromatic nitrogens is 1. The summed E-state index contributed by atoms with van der Waals surface area (Å²) in [5, 5.41) is 7.43. The maximum Gasteiger partial charge on any atom is 0.194 e. The van der Waals surface area contributed by atoms with E-state index in [2.05, 4.69) is 36.1 Å². The summed E-state index contributed by atoms with van der Waals surface area (Å²) < 4.78 is 5.22. The van der Waals surface area contributed by atoms with Crippen LogP contribution in [0.4, 0.5) is 0 Å². The molecule has 0 amide bonds. The number of guanidine groups is 1. The van der Waals surface area contributed by atoms with Crippen LogP contribution in [0.25, 0.3) is 0 Å². The molecule has 0 saturated carbocycles. The van der Waals surface area contributed by atoms with Crippen molar-refractivity contribution in [1.82, 2.24) is 15.4 Å². The molecule has 0 aromatic carbocycles. The second kappa shape index (κ2) is 7.65. The molecule has 5 heteroatoms. The smallest absolute Gasteiger partial charge is 0.194 e. The van der Waals surface area contributed by atoms with Crippen molar-refractivity contribution in [3.05, 3.63) is 17.0 Å². The third kappa shape index (κ3) is 4.24. The molecule has 2 heterocycles. The highest BCUT2D eigenvalue weighted by molar-refractivity contribution is 5.80. The van der Waals surface area contributed by atoms with Crippen LogP contribution in [-0.4, -0.2) is 35.7 Å². The molecule has 1 atom stereocenters. The number of aliphatic imine (C=N–C) groups is 1. The second-order valence-electron chi connectivity index (χ2n) is 6.70. The number of hydrogen-bond acceptors (Lipinski definition) is 3. The Kier molecular flexibility index (Phi) is 5.86. The van der Waals surface area contributed by atoms with Crippen molar-refractivity contribution in [3.8, 4) is 0 Å². The predicted octanol–water partition coefficient (Wildman–Crippen LogP) is 3.12. The van der Waals surface area contributed by atoms with Crippen molar-refractivity contribution in [3.63, 3.8) is 0 Å². The van der Waals surface area contributed by atoms with Crippen molar-refractivity contribution in [2.24, 2.45) is 16.8 Å². The quantitative estimate of drug-likeness (QED) is 0.671. The molecule has 1 saturated heterocycles. The molecule has 1 unspecified atom stereocenters. The van der Waals surface area contributed by atoms with Gasteiger partial charge in [-0.2, -0.15) is 0 Å². The van der Waals surface area contributed by atoms with Gasteiger partial charge in [0.15, 0.2) is 5.96 Å². The first-order chi connectivity index (χ1) is 10.5. The fourth-order valence-electron chi connectivity index (χ4n) is 3.19. The predicted molar refractivity (Wildman–Crippen MR) is 89.9 cm³/mol. The fraction of sp³-hybridized carbons (Fsp3) is 0.765. The van der Waals surface area contributed by atoms with E-state index in [0.717, 1.165) is 54.4 Å². The lowest BCUT2D eigenvalue weighted by Gasteiger charge is -2.22. The summed E-state index contributed by atoms with van der Waals surface area (Å²) in [5.41, 5.74) is 2.05. The maximum absolute atomic E-state index is 5.22. The molecule has 124 valence electrons. The topological polar surface area (TPSA) is 53.7 Å². The normalized spacial score (nSPS) is 19.3. The monoisotopic (exact) mass is 306 g/mol. The van der Waals surface area contributed by atoms with Gasteiger partial charge in [0.2, 0.25) is 0 Å². The Bertz CT molecular complexity index is 487. The number of nitrogens with zero attached hydrogens (tertiary/aromatic N) is 3. The first-order valence-electron chi connectivity index (χ1n) is 8.46. The van der Waals surface area contributed by atoms with Crippen molar-refractivity contribution in [2.45, 2.75) is 54.0 Å². The van der Waals surface area contributed by atoms with Crippen LogP contribution in [0, 0.1) is 25.7 Å². The minimum atomic E-state index is 0.634. The summed E-state index contributed by atoms with van der Waals surface area (Å²) in [6.07, 6.45) is 2.58. The highest BCUT2D eigenvalue weighted by Crippen LogP contribution is 2.23. The van der Waals surface area contributed by atoms with E-state index in [1.165, 1.54) is 12.8 Å². The lowest BCUT2D eigenvalue weighted by molar-refractivity contribution is 0.392.